The first kappa shape index (κ1) is 17.0. The van der Waals surface area contributed by atoms with Crippen LogP contribution >= 0.6 is 11.8 Å². The number of thioether (sulfide) groups is 1. The van der Waals surface area contributed by atoms with Crippen molar-refractivity contribution < 1.29 is 14.7 Å². The lowest BCUT2D eigenvalue weighted by molar-refractivity contribution is -0.136. The monoisotopic (exact) mass is 334 g/mol. The normalized spacial score (nSPS) is 10.7. The van der Waals surface area contributed by atoms with Gasteiger partial charge in [0.15, 0.2) is 5.16 Å². The van der Waals surface area contributed by atoms with E-state index in [-0.39, 0.29) is 24.1 Å². The molecule has 0 bridgehead atoms. The van der Waals surface area contributed by atoms with Crippen LogP contribution in [-0.4, -0.2) is 37.5 Å². The Bertz CT molecular complexity index is 682. The molecule has 8 heteroatoms. The van der Waals surface area contributed by atoms with Crippen LogP contribution in [0.4, 0.5) is 5.69 Å². The molecule has 1 aromatic heterocycles. The minimum atomic E-state index is -0.882. The average Bonchev–Trinajstić information content (AvgIpc) is 2.95. The molecule has 1 heterocycles. The summed E-state index contributed by atoms with van der Waals surface area (Å²) in [6.45, 7) is 4.04. The number of nitrogens with zero attached hydrogens (tertiary/aromatic N) is 3. The number of hydrogen-bond acceptors (Lipinski definition) is 5. The molecule has 122 valence electrons. The highest BCUT2D eigenvalue weighted by atomic mass is 32.2. The van der Waals surface area contributed by atoms with Gasteiger partial charge in [0, 0.05) is 11.7 Å². The van der Waals surface area contributed by atoms with Gasteiger partial charge in [0.2, 0.25) is 5.91 Å². The maximum atomic E-state index is 12.0. The first-order valence-electron chi connectivity index (χ1n) is 7.08. The van der Waals surface area contributed by atoms with Crippen molar-refractivity contribution in [1.29, 1.82) is 0 Å². The Morgan fingerprint density at radius 1 is 1.30 bits per heavy atom. The van der Waals surface area contributed by atoms with E-state index >= 15 is 0 Å². The van der Waals surface area contributed by atoms with Gasteiger partial charge in [-0.3, -0.25) is 9.59 Å². The van der Waals surface area contributed by atoms with E-state index in [2.05, 4.69) is 15.5 Å². The van der Waals surface area contributed by atoms with Crippen LogP contribution in [0.25, 0.3) is 0 Å². The minimum Gasteiger partial charge on any atom is -0.481 e. The molecule has 0 fully saturated rings. The summed E-state index contributed by atoms with van der Waals surface area (Å²) in [6, 6.07) is 6.99. The van der Waals surface area contributed by atoms with Crippen LogP contribution in [0, 0.1) is 0 Å². The third-order valence-electron chi connectivity index (χ3n) is 3.02. The van der Waals surface area contributed by atoms with Gasteiger partial charge in [0.25, 0.3) is 0 Å². The third kappa shape index (κ3) is 5.10. The molecular formula is C15H18N4O3S. The lowest BCUT2D eigenvalue weighted by Crippen LogP contribution is -2.15. The predicted molar refractivity (Wildman–Crippen MR) is 87.5 cm³/mol. The maximum Gasteiger partial charge on any atom is 0.307 e. The molecule has 0 saturated carbocycles. The summed E-state index contributed by atoms with van der Waals surface area (Å²) in [4.78, 5) is 22.6. The second-order valence-electron chi connectivity index (χ2n) is 5.22. The smallest absolute Gasteiger partial charge is 0.307 e. The number of aromatic nitrogens is 3. The molecular weight excluding hydrogens is 316 g/mol. The number of carboxylic acid groups (broad SMARTS) is 1. The predicted octanol–water partition coefficient (Wildman–Crippen LogP) is 2.22. The van der Waals surface area contributed by atoms with Crippen molar-refractivity contribution in [3.63, 3.8) is 0 Å². The summed E-state index contributed by atoms with van der Waals surface area (Å²) in [7, 11) is 0. The van der Waals surface area contributed by atoms with E-state index in [9.17, 15) is 9.59 Å². The molecule has 0 unspecified atom stereocenters. The average molecular weight is 334 g/mol. The number of nitrogens with one attached hydrogen (secondary N) is 1. The van der Waals surface area contributed by atoms with Crippen LogP contribution < -0.4 is 5.32 Å². The van der Waals surface area contributed by atoms with Crippen LogP contribution in [0.5, 0.6) is 0 Å². The van der Waals surface area contributed by atoms with Gasteiger partial charge in [-0.05, 0) is 31.5 Å². The quantitative estimate of drug-likeness (QED) is 0.754. The molecule has 0 saturated heterocycles. The number of carboxylic acids is 1. The summed E-state index contributed by atoms with van der Waals surface area (Å²) in [5.74, 6) is -0.811. The van der Waals surface area contributed by atoms with Crippen LogP contribution in [0.3, 0.4) is 0 Å². The van der Waals surface area contributed by atoms with Crippen molar-refractivity contribution in [2.75, 3.05) is 11.1 Å². The zero-order chi connectivity index (χ0) is 16.8. The molecule has 23 heavy (non-hydrogen) atoms. The van der Waals surface area contributed by atoms with E-state index in [4.69, 9.17) is 5.11 Å². The second-order valence-corrected chi connectivity index (χ2v) is 6.16. The third-order valence-corrected chi connectivity index (χ3v) is 3.98. The van der Waals surface area contributed by atoms with Crippen molar-refractivity contribution in [2.45, 2.75) is 31.5 Å². The van der Waals surface area contributed by atoms with Gasteiger partial charge in [0.05, 0.1) is 12.2 Å². The Labute approximate surface area is 138 Å². The van der Waals surface area contributed by atoms with E-state index < -0.39 is 5.97 Å². The summed E-state index contributed by atoms with van der Waals surface area (Å²) < 4.78 is 1.90. The number of aliphatic carboxylic acids is 1. The van der Waals surface area contributed by atoms with E-state index in [1.165, 1.54) is 11.8 Å². The van der Waals surface area contributed by atoms with Gasteiger partial charge in [0.1, 0.15) is 6.33 Å². The van der Waals surface area contributed by atoms with Gasteiger partial charge < -0.3 is 15.0 Å². The largest absolute Gasteiger partial charge is 0.481 e. The molecule has 7 nitrogen and oxygen atoms in total. The molecule has 2 N–H and O–H groups in total. The first-order chi connectivity index (χ1) is 11.0. The summed E-state index contributed by atoms with van der Waals surface area (Å²) >= 11 is 1.32. The molecule has 1 aromatic carbocycles. The number of amides is 1. The zero-order valence-electron chi connectivity index (χ0n) is 12.9. The van der Waals surface area contributed by atoms with E-state index in [0.717, 1.165) is 0 Å². The van der Waals surface area contributed by atoms with E-state index in [0.29, 0.717) is 16.4 Å². The lowest BCUT2D eigenvalue weighted by Gasteiger charge is -2.09. The van der Waals surface area contributed by atoms with Crippen molar-refractivity contribution >= 4 is 29.3 Å². The Morgan fingerprint density at radius 2 is 2.00 bits per heavy atom. The van der Waals surface area contributed by atoms with Crippen molar-refractivity contribution in [2.24, 2.45) is 0 Å². The number of rotatable bonds is 7. The van der Waals surface area contributed by atoms with Gasteiger partial charge >= 0.3 is 5.97 Å². The molecule has 2 aromatic rings. The fourth-order valence-electron chi connectivity index (χ4n) is 1.90. The summed E-state index contributed by atoms with van der Waals surface area (Å²) in [5, 5.41) is 20.0. The standard InChI is InChI=1S/C15H18N4O3S/c1-10(2)19-9-16-18-15(19)23-8-13(20)17-12-5-3-11(4-6-12)7-14(21)22/h3-6,9-10H,7-8H2,1-2H3,(H,17,20)(H,21,22). The number of hydrogen-bond donors (Lipinski definition) is 2. The molecule has 0 aliphatic rings. The van der Waals surface area contributed by atoms with Crippen molar-refractivity contribution in [3.8, 4) is 0 Å². The molecule has 0 spiro atoms. The van der Waals surface area contributed by atoms with Crippen LogP contribution in [0.1, 0.15) is 25.5 Å². The molecule has 1 amide bonds. The van der Waals surface area contributed by atoms with Crippen molar-refractivity contribution in [1.82, 2.24) is 14.8 Å². The second kappa shape index (κ2) is 7.77. The highest BCUT2D eigenvalue weighted by molar-refractivity contribution is 7.99. The summed E-state index contributed by atoms with van der Waals surface area (Å²) in [6.07, 6.45) is 1.61. The number of anilines is 1. The molecule has 0 aliphatic carbocycles. The van der Waals surface area contributed by atoms with Crippen LogP contribution in [0.15, 0.2) is 35.7 Å². The molecule has 0 radical (unpaired) electrons. The molecule has 2 rings (SSSR count). The van der Waals surface area contributed by atoms with Gasteiger partial charge in [-0.25, -0.2) is 0 Å². The maximum absolute atomic E-state index is 12.0. The van der Waals surface area contributed by atoms with Crippen LogP contribution in [-0.2, 0) is 16.0 Å². The summed E-state index contributed by atoms with van der Waals surface area (Å²) in [5.41, 5.74) is 1.32. The highest BCUT2D eigenvalue weighted by Gasteiger charge is 2.11. The Balaban J connectivity index is 1.87. The van der Waals surface area contributed by atoms with E-state index in [1.807, 2.05) is 18.4 Å². The molecule has 0 atom stereocenters. The Hall–Kier alpha value is -2.35. The van der Waals surface area contributed by atoms with Gasteiger partial charge in [-0.15, -0.1) is 10.2 Å². The lowest BCUT2D eigenvalue weighted by atomic mass is 10.1. The number of carbonyl (C=O) groups is 2. The topological polar surface area (TPSA) is 97.1 Å². The number of benzene rings is 1. The number of carbonyl (C=O) groups excluding carboxylic acids is 1. The zero-order valence-corrected chi connectivity index (χ0v) is 13.7. The minimum absolute atomic E-state index is 0.0328. The first-order valence-corrected chi connectivity index (χ1v) is 8.07. The fraction of sp³-hybridized carbons (Fsp3) is 0.333. The van der Waals surface area contributed by atoms with Crippen molar-refractivity contribution in [3.05, 3.63) is 36.2 Å². The SMILES string of the molecule is CC(C)n1cnnc1SCC(=O)Nc1ccc(CC(=O)O)cc1. The Kier molecular flexibility index (Phi) is 5.75. The van der Waals surface area contributed by atoms with E-state index in [1.54, 1.807) is 30.6 Å². The van der Waals surface area contributed by atoms with Gasteiger partial charge in [-0.1, -0.05) is 23.9 Å². The van der Waals surface area contributed by atoms with Gasteiger partial charge in [-0.2, -0.15) is 0 Å². The molecule has 0 aliphatic heterocycles. The Morgan fingerprint density at radius 3 is 2.61 bits per heavy atom. The highest BCUT2D eigenvalue weighted by Crippen LogP contribution is 2.19. The van der Waals surface area contributed by atoms with Crippen LogP contribution in [0.2, 0.25) is 0 Å². The fourth-order valence-corrected chi connectivity index (χ4v) is 2.74.